The maximum atomic E-state index is 11.7. The second-order valence-electron chi connectivity index (χ2n) is 4.63. The molecule has 2 aliphatic rings. The Labute approximate surface area is 90.6 Å². The molecule has 4 nitrogen and oxygen atoms in total. The predicted molar refractivity (Wildman–Crippen MR) is 57.2 cm³/mol. The monoisotopic (exact) mass is 231 g/mol. The molecule has 0 atom stereocenters. The van der Waals surface area contributed by atoms with E-state index < -0.39 is 9.84 Å². The van der Waals surface area contributed by atoms with Crippen molar-refractivity contribution in [2.75, 3.05) is 19.3 Å². The summed E-state index contributed by atoms with van der Waals surface area (Å²) in [4.78, 5) is 13.5. The molecule has 0 aromatic heterocycles. The normalized spacial score (nSPS) is 24.2. The molecule has 15 heavy (non-hydrogen) atoms. The number of sulfone groups is 1. The third-order valence-corrected chi connectivity index (χ3v) is 4.97. The fourth-order valence-electron chi connectivity index (χ4n) is 2.09. The third kappa shape index (κ3) is 2.51. The molecule has 2 rings (SSSR count). The van der Waals surface area contributed by atoms with E-state index >= 15 is 0 Å². The van der Waals surface area contributed by atoms with Gasteiger partial charge in [-0.05, 0) is 25.7 Å². The van der Waals surface area contributed by atoms with E-state index in [1.807, 2.05) is 4.90 Å². The summed E-state index contributed by atoms with van der Waals surface area (Å²) < 4.78 is 22.6. The second-order valence-corrected chi connectivity index (χ2v) is 6.95. The number of hydrogen-bond donors (Lipinski definition) is 0. The minimum absolute atomic E-state index is 0.235. The fourth-order valence-corrected chi connectivity index (χ4v) is 3.16. The van der Waals surface area contributed by atoms with Gasteiger partial charge < -0.3 is 4.90 Å². The van der Waals surface area contributed by atoms with Crippen molar-refractivity contribution in [3.8, 4) is 0 Å². The van der Waals surface area contributed by atoms with Crippen LogP contribution in [0.4, 0.5) is 0 Å². The van der Waals surface area contributed by atoms with Crippen molar-refractivity contribution in [2.24, 2.45) is 5.92 Å². The summed E-state index contributed by atoms with van der Waals surface area (Å²) in [6, 6.07) is 0. The average molecular weight is 231 g/mol. The van der Waals surface area contributed by atoms with Gasteiger partial charge in [0.1, 0.15) is 9.84 Å². The Balaban J connectivity index is 1.89. The van der Waals surface area contributed by atoms with Gasteiger partial charge in [0.2, 0.25) is 5.91 Å². The van der Waals surface area contributed by atoms with E-state index in [9.17, 15) is 13.2 Å². The molecular weight excluding hydrogens is 214 g/mol. The minimum atomic E-state index is -2.92. The van der Waals surface area contributed by atoms with Crippen LogP contribution in [0.3, 0.4) is 0 Å². The molecule has 1 heterocycles. The number of amides is 1. The summed E-state index contributed by atoms with van der Waals surface area (Å²) in [6.07, 6.45) is 4.54. The number of carbonyl (C=O) groups is 1. The van der Waals surface area contributed by atoms with E-state index in [1.54, 1.807) is 0 Å². The van der Waals surface area contributed by atoms with E-state index in [-0.39, 0.29) is 17.1 Å². The first-order valence-corrected chi connectivity index (χ1v) is 7.41. The van der Waals surface area contributed by atoms with Gasteiger partial charge in [-0.2, -0.15) is 0 Å². The lowest BCUT2D eigenvalue weighted by molar-refractivity contribution is -0.133. The van der Waals surface area contributed by atoms with Gasteiger partial charge in [-0.3, -0.25) is 4.79 Å². The Bertz CT molecular complexity index is 351. The van der Waals surface area contributed by atoms with Crippen LogP contribution in [0.25, 0.3) is 0 Å². The molecule has 2 fully saturated rings. The zero-order valence-corrected chi connectivity index (χ0v) is 9.79. The Morgan fingerprint density at radius 1 is 1.13 bits per heavy atom. The van der Waals surface area contributed by atoms with Crippen LogP contribution in [0.15, 0.2) is 0 Å². The van der Waals surface area contributed by atoms with Crippen molar-refractivity contribution in [1.29, 1.82) is 0 Å². The molecule has 0 radical (unpaired) electrons. The van der Waals surface area contributed by atoms with Gasteiger partial charge in [0.25, 0.3) is 0 Å². The first-order valence-electron chi connectivity index (χ1n) is 5.46. The molecule has 0 aromatic rings. The number of piperidine rings is 1. The Morgan fingerprint density at radius 2 is 1.67 bits per heavy atom. The fraction of sp³-hybridized carbons (Fsp3) is 0.900. The molecule has 1 amide bonds. The number of nitrogens with zero attached hydrogens (tertiary/aromatic N) is 1. The summed E-state index contributed by atoms with van der Waals surface area (Å²) in [5, 5.41) is -0.235. The van der Waals surface area contributed by atoms with Crippen molar-refractivity contribution in [2.45, 2.75) is 30.9 Å². The molecule has 1 aliphatic carbocycles. The largest absolute Gasteiger partial charge is 0.342 e. The third-order valence-electron chi connectivity index (χ3n) is 3.29. The van der Waals surface area contributed by atoms with Crippen LogP contribution in [0.5, 0.6) is 0 Å². The lowest BCUT2D eigenvalue weighted by Crippen LogP contribution is -2.42. The number of hydrogen-bond acceptors (Lipinski definition) is 3. The molecule has 0 aromatic carbocycles. The van der Waals surface area contributed by atoms with Crippen molar-refractivity contribution in [1.82, 2.24) is 4.90 Å². The van der Waals surface area contributed by atoms with Crippen LogP contribution in [0.2, 0.25) is 0 Å². The van der Waals surface area contributed by atoms with E-state index in [0.717, 1.165) is 12.8 Å². The highest BCUT2D eigenvalue weighted by atomic mass is 32.2. The van der Waals surface area contributed by atoms with Crippen LogP contribution >= 0.6 is 0 Å². The van der Waals surface area contributed by atoms with E-state index in [1.165, 1.54) is 6.26 Å². The molecule has 86 valence electrons. The summed E-state index contributed by atoms with van der Waals surface area (Å²) in [7, 11) is -2.92. The molecule has 1 saturated carbocycles. The van der Waals surface area contributed by atoms with Gasteiger partial charge >= 0.3 is 0 Å². The maximum Gasteiger partial charge on any atom is 0.225 e. The summed E-state index contributed by atoms with van der Waals surface area (Å²) in [5.41, 5.74) is 0. The van der Waals surface area contributed by atoms with Gasteiger partial charge in [0.15, 0.2) is 0 Å². The first-order chi connectivity index (χ1) is 6.98. The molecule has 0 N–H and O–H groups in total. The first kappa shape index (κ1) is 10.9. The molecule has 0 spiro atoms. The van der Waals surface area contributed by atoms with Crippen molar-refractivity contribution >= 4 is 15.7 Å². The van der Waals surface area contributed by atoms with E-state index in [0.29, 0.717) is 25.9 Å². The molecular formula is C10H17NO3S. The summed E-state index contributed by atoms with van der Waals surface area (Å²) in [6.45, 7) is 1.24. The maximum absolute atomic E-state index is 11.7. The SMILES string of the molecule is CS(=O)(=O)C1CCN(C(=O)C2CC2)CC1. The zero-order chi connectivity index (χ0) is 11.1. The van der Waals surface area contributed by atoms with Gasteiger partial charge in [-0.15, -0.1) is 0 Å². The standard InChI is InChI=1S/C10H17NO3S/c1-15(13,14)9-4-6-11(7-5-9)10(12)8-2-3-8/h8-9H,2-7H2,1H3. The number of likely N-dealkylation sites (tertiary alicyclic amines) is 1. The Kier molecular flexibility index (Phi) is 2.75. The van der Waals surface area contributed by atoms with Crippen LogP contribution < -0.4 is 0 Å². The van der Waals surface area contributed by atoms with Crippen molar-refractivity contribution in [3.63, 3.8) is 0 Å². The Hall–Kier alpha value is -0.580. The van der Waals surface area contributed by atoms with Crippen molar-refractivity contribution < 1.29 is 13.2 Å². The van der Waals surface area contributed by atoms with E-state index in [2.05, 4.69) is 0 Å². The highest BCUT2D eigenvalue weighted by Gasteiger charge is 2.36. The van der Waals surface area contributed by atoms with Gasteiger partial charge in [0, 0.05) is 25.3 Å². The van der Waals surface area contributed by atoms with Crippen LogP contribution in [0.1, 0.15) is 25.7 Å². The molecule has 1 saturated heterocycles. The second kappa shape index (κ2) is 3.77. The highest BCUT2D eigenvalue weighted by Crippen LogP contribution is 2.32. The number of carbonyl (C=O) groups excluding carboxylic acids is 1. The lowest BCUT2D eigenvalue weighted by Gasteiger charge is -2.31. The molecule has 0 unspecified atom stereocenters. The topological polar surface area (TPSA) is 54.5 Å². The molecule has 5 heteroatoms. The average Bonchev–Trinajstić information content (AvgIpc) is 2.99. The quantitative estimate of drug-likeness (QED) is 0.692. The Morgan fingerprint density at radius 3 is 2.07 bits per heavy atom. The molecule has 0 bridgehead atoms. The highest BCUT2D eigenvalue weighted by molar-refractivity contribution is 7.91. The number of rotatable bonds is 2. The van der Waals surface area contributed by atoms with Crippen LogP contribution in [0, 0.1) is 5.92 Å². The van der Waals surface area contributed by atoms with Gasteiger partial charge in [-0.25, -0.2) is 8.42 Å². The van der Waals surface area contributed by atoms with Crippen molar-refractivity contribution in [3.05, 3.63) is 0 Å². The van der Waals surface area contributed by atoms with Crippen LogP contribution in [-0.2, 0) is 14.6 Å². The van der Waals surface area contributed by atoms with Crippen LogP contribution in [-0.4, -0.2) is 43.8 Å². The smallest absolute Gasteiger partial charge is 0.225 e. The van der Waals surface area contributed by atoms with Gasteiger partial charge in [0.05, 0.1) is 5.25 Å². The summed E-state index contributed by atoms with van der Waals surface area (Å²) in [5.74, 6) is 0.488. The zero-order valence-electron chi connectivity index (χ0n) is 8.98. The summed E-state index contributed by atoms with van der Waals surface area (Å²) >= 11 is 0. The predicted octanol–water partition coefficient (Wildman–Crippen LogP) is 0.432. The lowest BCUT2D eigenvalue weighted by atomic mass is 10.1. The minimum Gasteiger partial charge on any atom is -0.342 e. The van der Waals surface area contributed by atoms with E-state index in [4.69, 9.17) is 0 Å². The molecule has 1 aliphatic heterocycles. The van der Waals surface area contributed by atoms with Gasteiger partial charge in [-0.1, -0.05) is 0 Å².